The standard InChI is InChI=1S/C12H14N2O3/c1-15-6-7-17-11-5-3-4-10-9(11)8-13-12(14-10)16-2/h3-5,8H,6-7H2,1-2H3. The molecular weight excluding hydrogens is 220 g/mol. The zero-order valence-electron chi connectivity index (χ0n) is 9.84. The zero-order chi connectivity index (χ0) is 12.1. The van der Waals surface area contributed by atoms with Gasteiger partial charge in [0.2, 0.25) is 0 Å². The average Bonchev–Trinajstić information content (AvgIpc) is 2.38. The molecule has 5 heteroatoms. The Morgan fingerprint density at radius 1 is 1.18 bits per heavy atom. The van der Waals surface area contributed by atoms with Gasteiger partial charge in [0.1, 0.15) is 12.4 Å². The highest BCUT2D eigenvalue weighted by Crippen LogP contribution is 2.24. The molecule has 1 heterocycles. The molecule has 90 valence electrons. The molecule has 0 aliphatic rings. The quantitative estimate of drug-likeness (QED) is 0.736. The average molecular weight is 234 g/mol. The highest BCUT2D eigenvalue weighted by atomic mass is 16.5. The van der Waals surface area contributed by atoms with Crippen LogP contribution in [0.25, 0.3) is 10.9 Å². The number of ether oxygens (including phenoxy) is 3. The van der Waals surface area contributed by atoms with Crippen molar-refractivity contribution in [3.05, 3.63) is 24.4 Å². The lowest BCUT2D eigenvalue weighted by Gasteiger charge is -2.08. The molecule has 1 aromatic carbocycles. The summed E-state index contributed by atoms with van der Waals surface area (Å²) in [6, 6.07) is 6.01. The van der Waals surface area contributed by atoms with E-state index >= 15 is 0 Å². The maximum atomic E-state index is 5.59. The van der Waals surface area contributed by atoms with Crippen LogP contribution in [0.15, 0.2) is 24.4 Å². The molecule has 2 rings (SSSR count). The lowest BCUT2D eigenvalue weighted by molar-refractivity contribution is 0.147. The fraction of sp³-hybridized carbons (Fsp3) is 0.333. The van der Waals surface area contributed by atoms with Crippen LogP contribution in [0, 0.1) is 0 Å². The summed E-state index contributed by atoms with van der Waals surface area (Å²) in [5, 5.41) is 0.865. The Balaban J connectivity index is 2.30. The molecule has 0 atom stereocenters. The van der Waals surface area contributed by atoms with Crippen LogP contribution in [0.1, 0.15) is 0 Å². The predicted molar refractivity (Wildman–Crippen MR) is 63.5 cm³/mol. The van der Waals surface area contributed by atoms with E-state index in [4.69, 9.17) is 14.2 Å². The maximum absolute atomic E-state index is 5.59. The number of methoxy groups -OCH3 is 2. The summed E-state index contributed by atoms with van der Waals surface area (Å²) >= 11 is 0. The SMILES string of the molecule is COCCOc1cccc2nc(OC)ncc12. The molecule has 2 aromatic rings. The van der Waals surface area contributed by atoms with E-state index in [2.05, 4.69) is 9.97 Å². The molecule has 0 unspecified atom stereocenters. The van der Waals surface area contributed by atoms with Crippen molar-refractivity contribution in [3.63, 3.8) is 0 Å². The van der Waals surface area contributed by atoms with Gasteiger partial charge in [-0.3, -0.25) is 0 Å². The van der Waals surface area contributed by atoms with Crippen LogP contribution >= 0.6 is 0 Å². The van der Waals surface area contributed by atoms with Gasteiger partial charge in [-0.15, -0.1) is 0 Å². The van der Waals surface area contributed by atoms with E-state index in [0.29, 0.717) is 19.2 Å². The van der Waals surface area contributed by atoms with Gasteiger partial charge in [0.25, 0.3) is 0 Å². The monoisotopic (exact) mass is 234 g/mol. The summed E-state index contributed by atoms with van der Waals surface area (Å²) in [6.45, 7) is 1.05. The third kappa shape index (κ3) is 2.62. The van der Waals surface area contributed by atoms with E-state index < -0.39 is 0 Å². The van der Waals surface area contributed by atoms with E-state index in [-0.39, 0.29) is 0 Å². The van der Waals surface area contributed by atoms with E-state index in [1.807, 2.05) is 18.2 Å². The summed E-state index contributed by atoms with van der Waals surface area (Å²) in [7, 11) is 3.18. The van der Waals surface area contributed by atoms with Crippen LogP contribution in [0.3, 0.4) is 0 Å². The first kappa shape index (κ1) is 11.6. The fourth-order valence-corrected chi connectivity index (χ4v) is 1.47. The minimum atomic E-state index is 0.353. The maximum Gasteiger partial charge on any atom is 0.316 e. The van der Waals surface area contributed by atoms with Crippen molar-refractivity contribution in [2.75, 3.05) is 27.4 Å². The molecule has 0 bridgehead atoms. The summed E-state index contributed by atoms with van der Waals surface area (Å²) in [5.41, 5.74) is 0.798. The molecule has 1 aromatic heterocycles. The van der Waals surface area contributed by atoms with Crippen LogP contribution in [0.5, 0.6) is 11.8 Å². The summed E-state index contributed by atoms with van der Waals surface area (Å²) < 4.78 is 15.5. The molecule has 0 aliphatic carbocycles. The van der Waals surface area contributed by atoms with Crippen LogP contribution in [-0.2, 0) is 4.74 Å². The highest BCUT2D eigenvalue weighted by Gasteiger charge is 2.05. The number of hydrogen-bond donors (Lipinski definition) is 0. The molecule has 0 N–H and O–H groups in total. The van der Waals surface area contributed by atoms with E-state index in [9.17, 15) is 0 Å². The van der Waals surface area contributed by atoms with Crippen LogP contribution < -0.4 is 9.47 Å². The van der Waals surface area contributed by atoms with E-state index in [1.165, 1.54) is 0 Å². The molecule has 17 heavy (non-hydrogen) atoms. The van der Waals surface area contributed by atoms with Gasteiger partial charge in [0.05, 0.1) is 24.6 Å². The number of rotatable bonds is 5. The van der Waals surface area contributed by atoms with Crippen molar-refractivity contribution in [1.29, 1.82) is 0 Å². The summed E-state index contributed by atoms with van der Waals surface area (Å²) in [4.78, 5) is 8.31. The minimum absolute atomic E-state index is 0.353. The van der Waals surface area contributed by atoms with Gasteiger partial charge >= 0.3 is 6.01 Å². The molecule has 0 amide bonds. The van der Waals surface area contributed by atoms with Gasteiger partial charge in [-0.2, -0.15) is 4.98 Å². The summed E-state index contributed by atoms with van der Waals surface area (Å²) in [5.74, 6) is 0.752. The molecular formula is C12H14N2O3. The molecule has 0 radical (unpaired) electrons. The van der Waals surface area contributed by atoms with E-state index in [0.717, 1.165) is 16.7 Å². The molecule has 0 fully saturated rings. The third-order valence-corrected chi connectivity index (χ3v) is 2.29. The van der Waals surface area contributed by atoms with Gasteiger partial charge in [-0.1, -0.05) is 6.07 Å². The first-order valence-electron chi connectivity index (χ1n) is 5.26. The van der Waals surface area contributed by atoms with Gasteiger partial charge in [-0.05, 0) is 12.1 Å². The van der Waals surface area contributed by atoms with Crippen LogP contribution in [-0.4, -0.2) is 37.4 Å². The Morgan fingerprint density at radius 3 is 2.82 bits per heavy atom. The van der Waals surface area contributed by atoms with Crippen molar-refractivity contribution in [1.82, 2.24) is 9.97 Å². The normalized spacial score (nSPS) is 10.5. The second-order valence-corrected chi connectivity index (χ2v) is 3.39. The Labute approximate surface area is 99.4 Å². The highest BCUT2D eigenvalue weighted by molar-refractivity contribution is 5.84. The van der Waals surface area contributed by atoms with Crippen molar-refractivity contribution >= 4 is 10.9 Å². The Morgan fingerprint density at radius 2 is 2.06 bits per heavy atom. The first-order chi connectivity index (χ1) is 8.35. The number of fused-ring (bicyclic) bond motifs is 1. The second kappa shape index (κ2) is 5.45. The number of aromatic nitrogens is 2. The molecule has 0 saturated heterocycles. The second-order valence-electron chi connectivity index (χ2n) is 3.39. The zero-order valence-corrected chi connectivity index (χ0v) is 9.84. The first-order valence-corrected chi connectivity index (χ1v) is 5.26. The van der Waals surface area contributed by atoms with Gasteiger partial charge < -0.3 is 14.2 Å². The van der Waals surface area contributed by atoms with Crippen LogP contribution in [0.2, 0.25) is 0 Å². The smallest absolute Gasteiger partial charge is 0.316 e. The van der Waals surface area contributed by atoms with E-state index in [1.54, 1.807) is 20.4 Å². The van der Waals surface area contributed by atoms with Crippen molar-refractivity contribution in [3.8, 4) is 11.8 Å². The number of benzene rings is 1. The lowest BCUT2D eigenvalue weighted by atomic mass is 10.2. The molecule has 5 nitrogen and oxygen atoms in total. The lowest BCUT2D eigenvalue weighted by Crippen LogP contribution is -2.04. The molecule has 0 aliphatic heterocycles. The molecule has 0 saturated carbocycles. The minimum Gasteiger partial charge on any atom is -0.490 e. The predicted octanol–water partition coefficient (Wildman–Crippen LogP) is 1.66. The fourth-order valence-electron chi connectivity index (χ4n) is 1.47. The Bertz CT molecular complexity index is 502. The Hall–Kier alpha value is -1.88. The topological polar surface area (TPSA) is 53.5 Å². The van der Waals surface area contributed by atoms with Crippen molar-refractivity contribution in [2.24, 2.45) is 0 Å². The number of nitrogens with zero attached hydrogens (tertiary/aromatic N) is 2. The Kier molecular flexibility index (Phi) is 3.72. The molecule has 0 spiro atoms. The third-order valence-electron chi connectivity index (χ3n) is 2.29. The van der Waals surface area contributed by atoms with Crippen LogP contribution in [0.4, 0.5) is 0 Å². The summed E-state index contributed by atoms with van der Waals surface area (Å²) in [6.07, 6.45) is 1.70. The number of hydrogen-bond acceptors (Lipinski definition) is 5. The van der Waals surface area contributed by atoms with Crippen molar-refractivity contribution in [2.45, 2.75) is 0 Å². The van der Waals surface area contributed by atoms with Gasteiger partial charge in [-0.25, -0.2) is 4.98 Å². The van der Waals surface area contributed by atoms with Crippen molar-refractivity contribution < 1.29 is 14.2 Å². The largest absolute Gasteiger partial charge is 0.490 e. The van der Waals surface area contributed by atoms with Gasteiger partial charge in [0, 0.05) is 13.3 Å². The van der Waals surface area contributed by atoms with Gasteiger partial charge in [0.15, 0.2) is 0 Å².